The molecular formula is C17H23NO4. The molecule has 1 aromatic rings. The molecule has 1 aliphatic rings. The van der Waals surface area contributed by atoms with E-state index in [2.05, 4.69) is 0 Å². The van der Waals surface area contributed by atoms with Gasteiger partial charge in [0.1, 0.15) is 5.75 Å². The van der Waals surface area contributed by atoms with Gasteiger partial charge in [0.05, 0.1) is 13.0 Å². The van der Waals surface area contributed by atoms with Gasteiger partial charge in [-0.05, 0) is 31.4 Å². The van der Waals surface area contributed by atoms with Gasteiger partial charge in [-0.15, -0.1) is 0 Å². The van der Waals surface area contributed by atoms with Crippen LogP contribution in [0.5, 0.6) is 5.75 Å². The fourth-order valence-corrected chi connectivity index (χ4v) is 2.68. The van der Waals surface area contributed by atoms with Crippen LogP contribution in [0.15, 0.2) is 30.3 Å². The van der Waals surface area contributed by atoms with Crippen LogP contribution in [0.4, 0.5) is 0 Å². The van der Waals surface area contributed by atoms with E-state index in [0.29, 0.717) is 38.1 Å². The lowest BCUT2D eigenvalue weighted by Gasteiger charge is -2.33. The Hall–Kier alpha value is -2.04. The molecule has 1 aliphatic heterocycles. The van der Waals surface area contributed by atoms with Gasteiger partial charge in [-0.25, -0.2) is 0 Å². The summed E-state index contributed by atoms with van der Waals surface area (Å²) in [5.41, 5.74) is 0. The average molecular weight is 305 g/mol. The van der Waals surface area contributed by atoms with Crippen molar-refractivity contribution in [2.45, 2.75) is 32.3 Å². The van der Waals surface area contributed by atoms with Crippen molar-refractivity contribution in [3.63, 3.8) is 0 Å². The number of amides is 1. The number of benzene rings is 1. The summed E-state index contributed by atoms with van der Waals surface area (Å²) in [6, 6.07) is 9.37. The molecule has 0 bridgehead atoms. The van der Waals surface area contributed by atoms with E-state index in [-0.39, 0.29) is 17.8 Å². The van der Waals surface area contributed by atoms with Crippen LogP contribution in [0.3, 0.4) is 0 Å². The summed E-state index contributed by atoms with van der Waals surface area (Å²) in [7, 11) is 1.40. The van der Waals surface area contributed by atoms with E-state index >= 15 is 0 Å². The van der Waals surface area contributed by atoms with Crippen LogP contribution in [0.2, 0.25) is 0 Å². The number of carbonyl (C=O) groups excluding carboxylic acids is 2. The molecule has 2 rings (SSSR count). The third-order valence-electron chi connectivity index (χ3n) is 4.01. The minimum atomic E-state index is -0.475. The molecule has 0 unspecified atom stereocenters. The van der Waals surface area contributed by atoms with Crippen LogP contribution in [0.1, 0.15) is 26.2 Å². The van der Waals surface area contributed by atoms with Crippen molar-refractivity contribution in [3.8, 4) is 5.75 Å². The first-order valence-corrected chi connectivity index (χ1v) is 7.74. The summed E-state index contributed by atoms with van der Waals surface area (Å²) in [6.07, 6.45) is 1.45. The summed E-state index contributed by atoms with van der Waals surface area (Å²) < 4.78 is 10.6. The van der Waals surface area contributed by atoms with Crippen LogP contribution in [-0.4, -0.2) is 43.1 Å². The Labute approximate surface area is 131 Å². The van der Waals surface area contributed by atoms with E-state index in [1.807, 2.05) is 37.3 Å². The van der Waals surface area contributed by atoms with Crippen molar-refractivity contribution >= 4 is 11.9 Å². The van der Waals surface area contributed by atoms with Gasteiger partial charge in [-0.3, -0.25) is 9.59 Å². The van der Waals surface area contributed by atoms with Gasteiger partial charge in [0.15, 0.2) is 6.10 Å². The minimum Gasteiger partial charge on any atom is -0.481 e. The fraction of sp³-hybridized carbons (Fsp3) is 0.529. The predicted octanol–water partition coefficient (Wildman–Crippen LogP) is 2.26. The number of piperidine rings is 1. The zero-order valence-corrected chi connectivity index (χ0v) is 13.2. The van der Waals surface area contributed by atoms with Gasteiger partial charge in [0.2, 0.25) is 0 Å². The molecule has 120 valence electrons. The summed E-state index contributed by atoms with van der Waals surface area (Å²) in [5.74, 6) is 0.422. The zero-order valence-electron chi connectivity index (χ0n) is 13.2. The third-order valence-corrected chi connectivity index (χ3v) is 4.01. The summed E-state index contributed by atoms with van der Waals surface area (Å²) in [5, 5.41) is 0. The molecule has 1 saturated heterocycles. The van der Waals surface area contributed by atoms with Crippen LogP contribution in [0, 0.1) is 5.92 Å². The lowest BCUT2D eigenvalue weighted by Crippen LogP contribution is -2.46. The van der Waals surface area contributed by atoms with E-state index in [0.717, 1.165) is 0 Å². The quantitative estimate of drug-likeness (QED) is 0.783. The number of methoxy groups -OCH3 is 1. The Morgan fingerprint density at radius 1 is 1.23 bits per heavy atom. The smallest absolute Gasteiger partial charge is 0.308 e. The number of hydrogen-bond donors (Lipinski definition) is 0. The van der Waals surface area contributed by atoms with Crippen LogP contribution in [0.25, 0.3) is 0 Å². The number of esters is 1. The molecule has 1 aromatic carbocycles. The summed E-state index contributed by atoms with van der Waals surface area (Å²) in [6.45, 7) is 3.09. The summed E-state index contributed by atoms with van der Waals surface area (Å²) in [4.78, 5) is 25.9. The van der Waals surface area contributed by atoms with Crippen molar-refractivity contribution in [3.05, 3.63) is 30.3 Å². The van der Waals surface area contributed by atoms with E-state index in [9.17, 15) is 9.59 Å². The van der Waals surface area contributed by atoms with Crippen LogP contribution >= 0.6 is 0 Å². The molecule has 0 saturated carbocycles. The minimum absolute atomic E-state index is 0.00494. The number of carbonyl (C=O) groups is 2. The van der Waals surface area contributed by atoms with Crippen molar-refractivity contribution in [2.75, 3.05) is 20.2 Å². The normalized spacial score (nSPS) is 16.9. The fourth-order valence-electron chi connectivity index (χ4n) is 2.68. The Morgan fingerprint density at radius 3 is 2.41 bits per heavy atom. The van der Waals surface area contributed by atoms with Gasteiger partial charge in [-0.1, -0.05) is 25.1 Å². The monoisotopic (exact) mass is 305 g/mol. The molecule has 5 nitrogen and oxygen atoms in total. The van der Waals surface area contributed by atoms with Gasteiger partial charge in [0.25, 0.3) is 5.91 Å². The third kappa shape index (κ3) is 4.00. The number of ether oxygens (including phenoxy) is 2. The Kier molecular flexibility index (Phi) is 5.81. The van der Waals surface area contributed by atoms with Gasteiger partial charge < -0.3 is 14.4 Å². The molecule has 22 heavy (non-hydrogen) atoms. The topological polar surface area (TPSA) is 55.8 Å². The van der Waals surface area contributed by atoms with E-state index < -0.39 is 6.10 Å². The van der Waals surface area contributed by atoms with E-state index in [1.54, 1.807) is 4.90 Å². The predicted molar refractivity (Wildman–Crippen MR) is 82.5 cm³/mol. The maximum absolute atomic E-state index is 12.6. The Balaban J connectivity index is 1.91. The largest absolute Gasteiger partial charge is 0.481 e. The highest BCUT2D eigenvalue weighted by Gasteiger charge is 2.31. The molecule has 1 atom stereocenters. The maximum Gasteiger partial charge on any atom is 0.308 e. The first-order chi connectivity index (χ1) is 10.7. The highest BCUT2D eigenvalue weighted by atomic mass is 16.5. The van der Waals surface area contributed by atoms with Crippen LogP contribution in [-0.2, 0) is 14.3 Å². The average Bonchev–Trinajstić information content (AvgIpc) is 2.59. The Morgan fingerprint density at radius 2 is 1.86 bits per heavy atom. The lowest BCUT2D eigenvalue weighted by atomic mass is 9.96. The van der Waals surface area contributed by atoms with Crippen LogP contribution < -0.4 is 4.74 Å². The van der Waals surface area contributed by atoms with Crippen molar-refractivity contribution in [2.24, 2.45) is 5.92 Å². The second kappa shape index (κ2) is 7.82. The molecule has 0 spiro atoms. The van der Waals surface area contributed by atoms with E-state index in [4.69, 9.17) is 9.47 Å². The highest BCUT2D eigenvalue weighted by molar-refractivity contribution is 5.81. The maximum atomic E-state index is 12.6. The number of likely N-dealkylation sites (tertiary alicyclic amines) is 1. The highest BCUT2D eigenvalue weighted by Crippen LogP contribution is 2.21. The number of para-hydroxylation sites is 1. The molecule has 0 N–H and O–H groups in total. The van der Waals surface area contributed by atoms with Gasteiger partial charge in [0, 0.05) is 13.1 Å². The molecule has 0 radical (unpaired) electrons. The molecule has 0 aliphatic carbocycles. The standard InChI is InChI=1S/C17H23NO4/c1-3-15(22-14-7-5-4-6-8-14)16(19)18-11-9-13(10-12-18)17(20)21-2/h4-8,13,15H,3,9-12H2,1-2H3/t15-/m1/s1. The zero-order chi connectivity index (χ0) is 15.9. The van der Waals surface area contributed by atoms with Gasteiger partial charge >= 0.3 is 5.97 Å². The molecular weight excluding hydrogens is 282 g/mol. The number of nitrogens with zero attached hydrogens (tertiary/aromatic N) is 1. The SMILES string of the molecule is CC[C@@H](Oc1ccccc1)C(=O)N1CCC(C(=O)OC)CC1. The molecule has 1 amide bonds. The van der Waals surface area contributed by atoms with Crippen molar-refractivity contribution < 1.29 is 19.1 Å². The first kappa shape index (κ1) is 16.3. The second-order valence-electron chi connectivity index (χ2n) is 5.45. The number of rotatable bonds is 5. The lowest BCUT2D eigenvalue weighted by molar-refractivity contribution is -0.150. The molecule has 0 aromatic heterocycles. The summed E-state index contributed by atoms with van der Waals surface area (Å²) >= 11 is 0. The molecule has 1 fully saturated rings. The Bertz CT molecular complexity index is 495. The molecule has 1 heterocycles. The number of hydrogen-bond acceptors (Lipinski definition) is 4. The molecule has 5 heteroatoms. The van der Waals surface area contributed by atoms with Crippen molar-refractivity contribution in [1.82, 2.24) is 4.90 Å². The van der Waals surface area contributed by atoms with Gasteiger partial charge in [-0.2, -0.15) is 0 Å². The second-order valence-corrected chi connectivity index (χ2v) is 5.45. The van der Waals surface area contributed by atoms with Crippen molar-refractivity contribution in [1.29, 1.82) is 0 Å². The first-order valence-electron chi connectivity index (χ1n) is 7.74. The van der Waals surface area contributed by atoms with E-state index in [1.165, 1.54) is 7.11 Å².